The molecule has 1 aliphatic heterocycles. The Morgan fingerprint density at radius 3 is 2.66 bits per heavy atom. The molecule has 1 heterocycles. The average Bonchev–Trinajstić information content (AvgIpc) is 3.18. The van der Waals surface area contributed by atoms with Crippen LogP contribution in [0.25, 0.3) is 0 Å². The SMILES string of the molecule is CCNC(=NCC1(CCO)CCOC1)NCCCc1ccc(OC)c(OC)c1.I. The van der Waals surface area contributed by atoms with Crippen LogP contribution >= 0.6 is 24.0 Å². The Balaban J connectivity index is 0.00000420. The van der Waals surface area contributed by atoms with Crippen molar-refractivity contribution in [2.45, 2.75) is 32.6 Å². The molecule has 0 radical (unpaired) electrons. The summed E-state index contributed by atoms with van der Waals surface area (Å²) in [6, 6.07) is 6.04. The monoisotopic (exact) mass is 521 g/mol. The maximum atomic E-state index is 9.36. The molecule has 1 unspecified atom stereocenters. The maximum Gasteiger partial charge on any atom is 0.191 e. The molecule has 1 aromatic rings. The molecule has 0 aromatic heterocycles. The van der Waals surface area contributed by atoms with Gasteiger partial charge in [0.25, 0.3) is 0 Å². The smallest absolute Gasteiger partial charge is 0.191 e. The molecule has 166 valence electrons. The van der Waals surface area contributed by atoms with Crippen LogP contribution < -0.4 is 20.1 Å². The van der Waals surface area contributed by atoms with Crippen LogP contribution in [0.3, 0.4) is 0 Å². The van der Waals surface area contributed by atoms with Gasteiger partial charge in [-0.25, -0.2) is 0 Å². The van der Waals surface area contributed by atoms with Gasteiger partial charge in [-0.05, 0) is 50.3 Å². The Morgan fingerprint density at radius 1 is 1.24 bits per heavy atom. The van der Waals surface area contributed by atoms with Gasteiger partial charge in [0.05, 0.1) is 27.4 Å². The summed E-state index contributed by atoms with van der Waals surface area (Å²) in [4.78, 5) is 4.75. The van der Waals surface area contributed by atoms with Crippen molar-refractivity contribution < 1.29 is 19.3 Å². The molecule has 0 aliphatic carbocycles. The number of methoxy groups -OCH3 is 2. The van der Waals surface area contributed by atoms with Gasteiger partial charge in [0.15, 0.2) is 17.5 Å². The molecule has 0 amide bonds. The Kier molecular flexibility index (Phi) is 12.3. The van der Waals surface area contributed by atoms with Crippen LogP contribution in [0.1, 0.15) is 31.7 Å². The third-order valence-corrected chi connectivity index (χ3v) is 5.13. The highest BCUT2D eigenvalue weighted by Crippen LogP contribution is 2.32. The van der Waals surface area contributed by atoms with Crippen LogP contribution in [-0.4, -0.2) is 64.7 Å². The molecule has 1 aromatic carbocycles. The van der Waals surface area contributed by atoms with Crippen molar-refractivity contribution in [1.29, 1.82) is 0 Å². The standard InChI is InChI=1S/C21H35N3O4.HI/c1-4-22-20(24-15-21(9-12-25)10-13-28-16-21)23-11-5-6-17-7-8-18(26-2)19(14-17)27-3;/h7-8,14,25H,4-6,9-13,15-16H2,1-3H3,(H2,22,23,24);1H. The van der Waals surface area contributed by atoms with Gasteiger partial charge >= 0.3 is 0 Å². The van der Waals surface area contributed by atoms with Crippen molar-refractivity contribution in [3.63, 3.8) is 0 Å². The lowest BCUT2D eigenvalue weighted by atomic mass is 9.84. The van der Waals surface area contributed by atoms with Crippen molar-refractivity contribution >= 4 is 29.9 Å². The van der Waals surface area contributed by atoms with Crippen LogP contribution in [0, 0.1) is 5.41 Å². The fourth-order valence-corrected chi connectivity index (χ4v) is 3.41. The number of rotatable bonds is 11. The topological polar surface area (TPSA) is 84.3 Å². The molecule has 1 aliphatic rings. The van der Waals surface area contributed by atoms with Crippen LogP contribution in [0.2, 0.25) is 0 Å². The van der Waals surface area contributed by atoms with Crippen molar-refractivity contribution in [3.05, 3.63) is 23.8 Å². The minimum atomic E-state index is -0.0310. The molecule has 0 saturated carbocycles. The van der Waals surface area contributed by atoms with Crippen LogP contribution in [0.4, 0.5) is 0 Å². The Morgan fingerprint density at radius 2 is 2.03 bits per heavy atom. The molecule has 0 spiro atoms. The number of aliphatic imine (C=N–C) groups is 1. The zero-order chi connectivity index (χ0) is 20.2. The van der Waals surface area contributed by atoms with Gasteiger partial charge < -0.3 is 30.0 Å². The van der Waals surface area contributed by atoms with Crippen molar-refractivity contribution in [2.24, 2.45) is 10.4 Å². The summed E-state index contributed by atoms with van der Waals surface area (Å²) in [5, 5.41) is 16.1. The summed E-state index contributed by atoms with van der Waals surface area (Å²) < 4.78 is 16.2. The van der Waals surface area contributed by atoms with Crippen molar-refractivity contribution in [3.8, 4) is 11.5 Å². The summed E-state index contributed by atoms with van der Waals surface area (Å²) in [6.07, 6.45) is 3.60. The quantitative estimate of drug-likeness (QED) is 0.180. The first kappa shape index (κ1) is 25.8. The minimum absolute atomic E-state index is 0. The van der Waals surface area contributed by atoms with E-state index in [1.54, 1.807) is 14.2 Å². The molecule has 1 fully saturated rings. The van der Waals surface area contributed by atoms with Gasteiger partial charge in [-0.2, -0.15) is 0 Å². The highest BCUT2D eigenvalue weighted by Gasteiger charge is 2.34. The molecule has 1 atom stereocenters. The zero-order valence-electron chi connectivity index (χ0n) is 17.8. The summed E-state index contributed by atoms with van der Waals surface area (Å²) in [5.74, 6) is 2.33. The first-order chi connectivity index (χ1) is 13.7. The van der Waals surface area contributed by atoms with Gasteiger partial charge in [-0.3, -0.25) is 4.99 Å². The number of nitrogens with one attached hydrogen (secondary N) is 2. The van der Waals surface area contributed by atoms with E-state index in [2.05, 4.69) is 23.6 Å². The lowest BCUT2D eigenvalue weighted by Crippen LogP contribution is -2.39. The van der Waals surface area contributed by atoms with Gasteiger partial charge in [0, 0.05) is 31.7 Å². The molecule has 0 bridgehead atoms. The number of guanidine groups is 1. The minimum Gasteiger partial charge on any atom is -0.493 e. The van der Waals surface area contributed by atoms with Crippen LogP contribution in [0.15, 0.2) is 23.2 Å². The first-order valence-corrected chi connectivity index (χ1v) is 10.1. The highest BCUT2D eigenvalue weighted by molar-refractivity contribution is 14.0. The molecule has 2 rings (SSSR count). The van der Waals surface area contributed by atoms with E-state index in [0.717, 1.165) is 62.8 Å². The van der Waals surface area contributed by atoms with E-state index >= 15 is 0 Å². The Hall–Kier alpha value is -1.26. The lowest BCUT2D eigenvalue weighted by Gasteiger charge is -2.24. The fraction of sp³-hybridized carbons (Fsp3) is 0.667. The van der Waals surface area contributed by atoms with Gasteiger partial charge in [0.2, 0.25) is 0 Å². The second kappa shape index (κ2) is 13.9. The predicted octanol–water partition coefficient (Wildman–Crippen LogP) is 2.60. The molecular weight excluding hydrogens is 485 g/mol. The van der Waals surface area contributed by atoms with E-state index in [1.807, 2.05) is 12.1 Å². The molecule has 8 heteroatoms. The van der Waals surface area contributed by atoms with E-state index < -0.39 is 0 Å². The van der Waals surface area contributed by atoms with Crippen molar-refractivity contribution in [2.75, 3.05) is 53.7 Å². The number of hydrogen-bond donors (Lipinski definition) is 3. The van der Waals surface area contributed by atoms with E-state index in [-0.39, 0.29) is 36.0 Å². The Bertz CT molecular complexity index is 622. The molecule has 29 heavy (non-hydrogen) atoms. The van der Waals surface area contributed by atoms with Crippen LogP contribution in [0.5, 0.6) is 11.5 Å². The Labute approximate surface area is 191 Å². The summed E-state index contributed by atoms with van der Waals surface area (Å²) in [6.45, 7) is 5.96. The van der Waals surface area contributed by atoms with Crippen molar-refractivity contribution in [1.82, 2.24) is 10.6 Å². The van der Waals surface area contributed by atoms with Gasteiger partial charge in [-0.15, -0.1) is 24.0 Å². The van der Waals surface area contributed by atoms with E-state index in [4.69, 9.17) is 19.2 Å². The summed E-state index contributed by atoms with van der Waals surface area (Å²) in [7, 11) is 3.30. The number of hydrogen-bond acceptors (Lipinski definition) is 5. The van der Waals surface area contributed by atoms with Gasteiger partial charge in [0.1, 0.15) is 0 Å². The third-order valence-electron chi connectivity index (χ3n) is 5.13. The summed E-state index contributed by atoms with van der Waals surface area (Å²) >= 11 is 0. The van der Waals surface area contributed by atoms with E-state index in [1.165, 1.54) is 5.56 Å². The predicted molar refractivity (Wildman–Crippen MR) is 127 cm³/mol. The number of benzene rings is 1. The van der Waals surface area contributed by atoms with E-state index in [0.29, 0.717) is 13.2 Å². The summed E-state index contributed by atoms with van der Waals surface area (Å²) in [5.41, 5.74) is 1.18. The number of halogens is 1. The molecule has 3 N–H and O–H groups in total. The molecule has 1 saturated heterocycles. The third kappa shape index (κ3) is 8.18. The molecular formula is C21H36IN3O4. The lowest BCUT2D eigenvalue weighted by molar-refractivity contribution is 0.131. The largest absolute Gasteiger partial charge is 0.493 e. The first-order valence-electron chi connectivity index (χ1n) is 10.1. The molecule has 7 nitrogen and oxygen atoms in total. The number of ether oxygens (including phenoxy) is 3. The average molecular weight is 521 g/mol. The second-order valence-corrected chi connectivity index (χ2v) is 7.19. The van der Waals surface area contributed by atoms with E-state index in [9.17, 15) is 5.11 Å². The number of aliphatic hydroxyl groups excluding tert-OH is 1. The zero-order valence-corrected chi connectivity index (χ0v) is 20.2. The normalized spacial score (nSPS) is 18.8. The highest BCUT2D eigenvalue weighted by atomic mass is 127. The number of nitrogens with zero attached hydrogens (tertiary/aromatic N) is 1. The number of aryl methyl sites for hydroxylation is 1. The maximum absolute atomic E-state index is 9.36. The fourth-order valence-electron chi connectivity index (χ4n) is 3.41. The van der Waals surface area contributed by atoms with Gasteiger partial charge in [-0.1, -0.05) is 6.07 Å². The second-order valence-electron chi connectivity index (χ2n) is 7.19. The van der Waals surface area contributed by atoms with Crippen LogP contribution in [-0.2, 0) is 11.2 Å². The number of aliphatic hydroxyl groups is 1.